The summed E-state index contributed by atoms with van der Waals surface area (Å²) in [5.74, 6) is -1.09. The quantitative estimate of drug-likeness (QED) is 0.640. The van der Waals surface area contributed by atoms with Crippen LogP contribution in [0.1, 0.15) is 21.5 Å². The third-order valence-corrected chi connectivity index (χ3v) is 4.45. The molecule has 5 heteroatoms. The lowest BCUT2D eigenvalue weighted by atomic mass is 9.98. The Bertz CT molecular complexity index is 997. The van der Waals surface area contributed by atoms with Crippen LogP contribution in [0, 0.1) is 6.92 Å². The summed E-state index contributed by atoms with van der Waals surface area (Å²) in [7, 11) is 0. The van der Waals surface area contributed by atoms with E-state index in [4.69, 9.17) is 11.6 Å². The first-order chi connectivity index (χ1) is 12.9. The molecule has 0 aliphatic carbocycles. The molecule has 3 aromatic rings. The Balaban J connectivity index is 1.73. The average Bonchev–Trinajstić information content (AvgIpc) is 2.62. The number of anilines is 1. The highest BCUT2D eigenvalue weighted by atomic mass is 35.5. The van der Waals surface area contributed by atoms with Gasteiger partial charge in [-0.25, -0.2) is 4.79 Å². The number of benzene rings is 3. The Morgan fingerprint density at radius 1 is 1.00 bits per heavy atom. The van der Waals surface area contributed by atoms with Crippen LogP contribution in [-0.4, -0.2) is 17.0 Å². The molecular weight excluding hydrogens is 362 g/mol. The molecule has 0 aliphatic heterocycles. The van der Waals surface area contributed by atoms with Gasteiger partial charge < -0.3 is 10.4 Å². The Labute approximate surface area is 162 Å². The second kappa shape index (κ2) is 8.06. The second-order valence-electron chi connectivity index (χ2n) is 6.27. The predicted molar refractivity (Wildman–Crippen MR) is 107 cm³/mol. The molecule has 4 nitrogen and oxygen atoms in total. The molecule has 0 saturated heterocycles. The number of hydrogen-bond donors (Lipinski definition) is 2. The Morgan fingerprint density at radius 2 is 1.74 bits per heavy atom. The van der Waals surface area contributed by atoms with E-state index in [0.29, 0.717) is 10.7 Å². The van der Waals surface area contributed by atoms with Crippen molar-refractivity contribution >= 4 is 29.2 Å². The number of nitrogens with one attached hydrogen (secondary N) is 1. The molecule has 0 unspecified atom stereocenters. The van der Waals surface area contributed by atoms with E-state index in [1.807, 2.05) is 31.2 Å². The van der Waals surface area contributed by atoms with Crippen molar-refractivity contribution in [1.82, 2.24) is 0 Å². The summed E-state index contributed by atoms with van der Waals surface area (Å²) >= 11 is 5.94. The number of halogens is 1. The third kappa shape index (κ3) is 4.74. The van der Waals surface area contributed by atoms with Gasteiger partial charge in [-0.15, -0.1) is 0 Å². The zero-order valence-electron chi connectivity index (χ0n) is 14.7. The molecule has 0 spiro atoms. The van der Waals surface area contributed by atoms with Crippen molar-refractivity contribution < 1.29 is 14.7 Å². The number of rotatable bonds is 5. The summed E-state index contributed by atoms with van der Waals surface area (Å²) in [4.78, 5) is 23.4. The Kier molecular flexibility index (Phi) is 5.57. The molecule has 3 rings (SSSR count). The monoisotopic (exact) mass is 379 g/mol. The van der Waals surface area contributed by atoms with Crippen molar-refractivity contribution in [2.24, 2.45) is 0 Å². The zero-order chi connectivity index (χ0) is 19.4. The minimum atomic E-state index is -0.957. The summed E-state index contributed by atoms with van der Waals surface area (Å²) in [6, 6.07) is 19.6. The first-order valence-electron chi connectivity index (χ1n) is 8.41. The average molecular weight is 380 g/mol. The SMILES string of the molecule is Cc1ccc(C(=O)O)cc1-c1ccc(NC(=O)Cc2cccc(Cl)c2)cc1. The van der Waals surface area contributed by atoms with Crippen molar-refractivity contribution in [3.05, 3.63) is 88.4 Å². The van der Waals surface area contributed by atoms with Crippen LogP contribution in [0.15, 0.2) is 66.7 Å². The second-order valence-corrected chi connectivity index (χ2v) is 6.70. The third-order valence-electron chi connectivity index (χ3n) is 4.22. The van der Waals surface area contributed by atoms with Crippen LogP contribution < -0.4 is 5.32 Å². The first-order valence-corrected chi connectivity index (χ1v) is 8.79. The standard InChI is InChI=1S/C22H18ClNO3/c1-14-5-6-17(22(26)27)13-20(14)16-7-9-19(10-8-16)24-21(25)12-15-3-2-4-18(23)11-15/h2-11,13H,12H2,1H3,(H,24,25)(H,26,27). The molecule has 0 bridgehead atoms. The van der Waals surface area contributed by atoms with Gasteiger partial charge in [0.15, 0.2) is 0 Å². The van der Waals surface area contributed by atoms with E-state index in [9.17, 15) is 14.7 Å². The fourth-order valence-electron chi connectivity index (χ4n) is 2.84. The number of carbonyl (C=O) groups excluding carboxylic acids is 1. The van der Waals surface area contributed by atoms with Gasteiger partial charge in [0, 0.05) is 10.7 Å². The molecule has 0 heterocycles. The van der Waals surface area contributed by atoms with E-state index >= 15 is 0 Å². The molecule has 0 saturated carbocycles. The van der Waals surface area contributed by atoms with Crippen molar-refractivity contribution in [3.8, 4) is 11.1 Å². The van der Waals surface area contributed by atoms with Crippen molar-refractivity contribution in [3.63, 3.8) is 0 Å². The van der Waals surface area contributed by atoms with Crippen LogP contribution in [0.25, 0.3) is 11.1 Å². The molecule has 2 N–H and O–H groups in total. The molecular formula is C22H18ClNO3. The highest BCUT2D eigenvalue weighted by molar-refractivity contribution is 6.30. The van der Waals surface area contributed by atoms with Gasteiger partial charge in [-0.3, -0.25) is 4.79 Å². The van der Waals surface area contributed by atoms with Crippen LogP contribution in [0.5, 0.6) is 0 Å². The van der Waals surface area contributed by atoms with Crippen LogP contribution in [0.4, 0.5) is 5.69 Å². The maximum absolute atomic E-state index is 12.2. The van der Waals surface area contributed by atoms with Gasteiger partial charge in [0.1, 0.15) is 0 Å². The molecule has 0 atom stereocenters. The minimum absolute atomic E-state index is 0.130. The minimum Gasteiger partial charge on any atom is -0.478 e. The van der Waals surface area contributed by atoms with Crippen LogP contribution >= 0.6 is 11.6 Å². The Hall–Kier alpha value is -3.11. The van der Waals surface area contributed by atoms with Gasteiger partial charge in [-0.05, 0) is 65.6 Å². The van der Waals surface area contributed by atoms with Crippen LogP contribution in [0.2, 0.25) is 5.02 Å². The smallest absolute Gasteiger partial charge is 0.335 e. The van der Waals surface area contributed by atoms with E-state index in [-0.39, 0.29) is 17.9 Å². The predicted octanol–water partition coefficient (Wildman–Crippen LogP) is 5.19. The van der Waals surface area contributed by atoms with Gasteiger partial charge in [0.25, 0.3) is 0 Å². The molecule has 136 valence electrons. The zero-order valence-corrected chi connectivity index (χ0v) is 15.5. The van der Waals surface area contributed by atoms with E-state index in [0.717, 1.165) is 22.3 Å². The van der Waals surface area contributed by atoms with Crippen molar-refractivity contribution in [1.29, 1.82) is 0 Å². The van der Waals surface area contributed by atoms with Crippen LogP contribution in [0.3, 0.4) is 0 Å². The molecule has 0 aromatic heterocycles. The lowest BCUT2D eigenvalue weighted by Gasteiger charge is -2.10. The molecule has 0 radical (unpaired) electrons. The van der Waals surface area contributed by atoms with Crippen molar-refractivity contribution in [2.75, 3.05) is 5.32 Å². The molecule has 27 heavy (non-hydrogen) atoms. The normalized spacial score (nSPS) is 10.4. The molecule has 3 aromatic carbocycles. The summed E-state index contributed by atoms with van der Waals surface area (Å²) in [6.07, 6.45) is 0.238. The number of carbonyl (C=O) groups is 2. The van der Waals surface area contributed by atoms with Gasteiger partial charge in [-0.1, -0.05) is 41.9 Å². The summed E-state index contributed by atoms with van der Waals surface area (Å²) < 4.78 is 0. The van der Waals surface area contributed by atoms with Gasteiger partial charge in [-0.2, -0.15) is 0 Å². The van der Waals surface area contributed by atoms with E-state index in [1.165, 1.54) is 0 Å². The van der Waals surface area contributed by atoms with Crippen LogP contribution in [-0.2, 0) is 11.2 Å². The lowest BCUT2D eigenvalue weighted by Crippen LogP contribution is -2.14. The number of amides is 1. The van der Waals surface area contributed by atoms with Crippen molar-refractivity contribution in [2.45, 2.75) is 13.3 Å². The summed E-state index contributed by atoms with van der Waals surface area (Å²) in [6.45, 7) is 1.93. The number of aryl methyl sites for hydroxylation is 1. The lowest BCUT2D eigenvalue weighted by molar-refractivity contribution is -0.115. The molecule has 1 amide bonds. The summed E-state index contributed by atoms with van der Waals surface area (Å²) in [5.41, 5.74) is 4.50. The maximum atomic E-state index is 12.2. The van der Waals surface area contributed by atoms with Gasteiger partial charge >= 0.3 is 5.97 Å². The number of carboxylic acids is 1. The number of carboxylic acid groups (broad SMARTS) is 1. The number of hydrogen-bond acceptors (Lipinski definition) is 2. The summed E-state index contributed by atoms with van der Waals surface area (Å²) in [5, 5.41) is 12.6. The topological polar surface area (TPSA) is 66.4 Å². The van der Waals surface area contributed by atoms with Gasteiger partial charge in [0.2, 0.25) is 5.91 Å². The van der Waals surface area contributed by atoms with E-state index in [1.54, 1.807) is 42.5 Å². The molecule has 0 aliphatic rings. The van der Waals surface area contributed by atoms with E-state index < -0.39 is 5.97 Å². The maximum Gasteiger partial charge on any atom is 0.335 e. The fraction of sp³-hybridized carbons (Fsp3) is 0.0909. The van der Waals surface area contributed by atoms with E-state index in [2.05, 4.69) is 5.32 Å². The highest BCUT2D eigenvalue weighted by Gasteiger charge is 2.09. The molecule has 0 fully saturated rings. The highest BCUT2D eigenvalue weighted by Crippen LogP contribution is 2.26. The fourth-order valence-corrected chi connectivity index (χ4v) is 3.05. The largest absolute Gasteiger partial charge is 0.478 e. The first kappa shape index (κ1) is 18.7. The number of aromatic carboxylic acids is 1. The Morgan fingerprint density at radius 3 is 2.41 bits per heavy atom. The van der Waals surface area contributed by atoms with Gasteiger partial charge in [0.05, 0.1) is 12.0 Å².